The molecule has 1 aromatic heterocycles. The van der Waals surface area contributed by atoms with E-state index in [2.05, 4.69) is 4.98 Å². The first-order valence-corrected chi connectivity index (χ1v) is 9.51. The van der Waals surface area contributed by atoms with Crippen LogP contribution in [0.4, 0.5) is 0 Å². The number of benzene rings is 2. The molecular weight excluding hydrogens is 358 g/mol. The normalized spacial score (nSPS) is 18.1. The van der Waals surface area contributed by atoms with E-state index in [4.69, 9.17) is 11.6 Å². The summed E-state index contributed by atoms with van der Waals surface area (Å²) in [4.78, 5) is 16.4. The molecule has 4 rings (SSSR count). The molecule has 1 atom stereocenters. The second-order valence-corrected chi connectivity index (χ2v) is 8.45. The van der Waals surface area contributed by atoms with Crippen molar-refractivity contribution in [3.63, 3.8) is 0 Å². The lowest BCUT2D eigenvalue weighted by molar-refractivity contribution is -0.118. The number of nitrogens with one attached hydrogen (secondary N) is 1. The Bertz CT molecular complexity index is 1060. The van der Waals surface area contributed by atoms with E-state index in [0.29, 0.717) is 23.4 Å². The molecule has 3 aromatic rings. The molecule has 2 N–H and O–H groups in total. The molecule has 2 aromatic carbocycles. The van der Waals surface area contributed by atoms with Crippen molar-refractivity contribution in [2.45, 2.75) is 32.6 Å². The molecule has 0 saturated carbocycles. The number of fused-ring (bicyclic) bond motifs is 1. The number of aromatic nitrogens is 1. The number of carbonyl (C=O) groups is 1. The van der Waals surface area contributed by atoms with Gasteiger partial charge in [-0.15, -0.1) is 0 Å². The van der Waals surface area contributed by atoms with E-state index < -0.39 is 5.92 Å². The van der Waals surface area contributed by atoms with E-state index in [-0.39, 0.29) is 17.0 Å². The fourth-order valence-corrected chi connectivity index (χ4v) is 4.39. The molecule has 0 spiro atoms. The fraction of sp³-hybridized carbons (Fsp3) is 0.261. The maximum atomic E-state index is 13.1. The van der Waals surface area contributed by atoms with Crippen LogP contribution in [-0.2, 0) is 4.79 Å². The highest BCUT2D eigenvalue weighted by molar-refractivity contribution is 6.31. The Hall–Kier alpha value is -2.52. The first kappa shape index (κ1) is 17.9. The van der Waals surface area contributed by atoms with Crippen molar-refractivity contribution in [1.82, 2.24) is 4.98 Å². The van der Waals surface area contributed by atoms with Crippen molar-refractivity contribution < 1.29 is 9.90 Å². The third kappa shape index (κ3) is 3.17. The molecule has 0 bridgehead atoms. The van der Waals surface area contributed by atoms with Crippen LogP contribution in [0.1, 0.15) is 43.7 Å². The van der Waals surface area contributed by atoms with Gasteiger partial charge < -0.3 is 10.1 Å². The van der Waals surface area contributed by atoms with Crippen LogP contribution in [0.2, 0.25) is 5.02 Å². The van der Waals surface area contributed by atoms with Gasteiger partial charge in [-0.25, -0.2) is 0 Å². The van der Waals surface area contributed by atoms with Gasteiger partial charge in [-0.2, -0.15) is 0 Å². The summed E-state index contributed by atoms with van der Waals surface area (Å²) in [7, 11) is 0. The number of aromatic amines is 1. The minimum Gasteiger partial charge on any atom is -0.512 e. The van der Waals surface area contributed by atoms with Crippen molar-refractivity contribution in [2.75, 3.05) is 0 Å². The van der Waals surface area contributed by atoms with Crippen LogP contribution in [0.3, 0.4) is 0 Å². The van der Waals surface area contributed by atoms with Crippen LogP contribution in [0.5, 0.6) is 0 Å². The number of aliphatic hydroxyl groups excluding tert-OH is 1. The molecule has 1 aliphatic carbocycles. The van der Waals surface area contributed by atoms with Gasteiger partial charge in [0.15, 0.2) is 5.78 Å². The summed E-state index contributed by atoms with van der Waals surface area (Å²) in [5.41, 5.74) is 3.00. The number of carbonyl (C=O) groups excluding carboxylic acids is 1. The second-order valence-electron chi connectivity index (χ2n) is 8.05. The maximum Gasteiger partial charge on any atom is 0.163 e. The van der Waals surface area contributed by atoms with Gasteiger partial charge in [-0.3, -0.25) is 4.79 Å². The Balaban J connectivity index is 1.98. The number of hydrogen-bond acceptors (Lipinski definition) is 2. The summed E-state index contributed by atoms with van der Waals surface area (Å²) < 4.78 is 0. The number of ketones is 1. The predicted octanol–water partition coefficient (Wildman–Crippen LogP) is 6.15. The predicted molar refractivity (Wildman–Crippen MR) is 109 cm³/mol. The zero-order chi connectivity index (χ0) is 19.2. The molecule has 0 saturated heterocycles. The monoisotopic (exact) mass is 379 g/mol. The molecule has 1 heterocycles. The summed E-state index contributed by atoms with van der Waals surface area (Å²) in [6.45, 7) is 4.02. The molecule has 1 unspecified atom stereocenters. The Labute approximate surface area is 163 Å². The number of halogens is 1. The Morgan fingerprint density at radius 1 is 1.04 bits per heavy atom. The topological polar surface area (TPSA) is 53.1 Å². The highest BCUT2D eigenvalue weighted by atomic mass is 35.5. The summed E-state index contributed by atoms with van der Waals surface area (Å²) >= 11 is 6.53. The van der Waals surface area contributed by atoms with Crippen LogP contribution >= 0.6 is 11.6 Å². The van der Waals surface area contributed by atoms with Crippen molar-refractivity contribution >= 4 is 28.3 Å². The van der Waals surface area contributed by atoms with E-state index in [1.807, 2.05) is 68.6 Å². The van der Waals surface area contributed by atoms with Crippen LogP contribution in [0.25, 0.3) is 10.9 Å². The number of rotatable bonds is 3. The van der Waals surface area contributed by atoms with Gasteiger partial charge in [-0.1, -0.05) is 61.8 Å². The fourth-order valence-electron chi connectivity index (χ4n) is 4.15. The number of para-hydroxylation sites is 1. The summed E-state index contributed by atoms with van der Waals surface area (Å²) in [5, 5.41) is 12.5. The van der Waals surface area contributed by atoms with Crippen LogP contribution < -0.4 is 0 Å². The summed E-state index contributed by atoms with van der Waals surface area (Å²) in [5.74, 6) is -0.246. The number of Topliss-reactive ketones (excluding diaryl/α,β-unsaturated/α-hetero) is 1. The lowest BCUT2D eigenvalue weighted by Crippen LogP contribution is -2.28. The minimum absolute atomic E-state index is 0.0149. The van der Waals surface area contributed by atoms with Crippen LogP contribution in [-0.4, -0.2) is 15.9 Å². The Morgan fingerprint density at radius 3 is 2.48 bits per heavy atom. The molecule has 4 heteroatoms. The molecule has 0 radical (unpaired) electrons. The molecule has 1 aliphatic rings. The average Bonchev–Trinajstić information content (AvgIpc) is 3.02. The van der Waals surface area contributed by atoms with E-state index in [0.717, 1.165) is 22.0 Å². The van der Waals surface area contributed by atoms with Gasteiger partial charge in [0.25, 0.3) is 0 Å². The standard InChI is InChI=1S/C23H22ClNO2/c1-23(2)11-19(26)22(20(27)12-23)21(15-8-3-5-9-17(15)24)16-13-25-18-10-6-4-7-14(16)18/h3-10,13,21,25-26H,11-12H2,1-2H3. The Kier molecular flexibility index (Phi) is 4.35. The van der Waals surface area contributed by atoms with Crippen molar-refractivity contribution in [3.05, 3.63) is 82.2 Å². The third-order valence-corrected chi connectivity index (χ3v) is 5.68. The van der Waals surface area contributed by atoms with Gasteiger partial charge in [0.2, 0.25) is 0 Å². The number of aliphatic hydroxyl groups is 1. The molecule has 0 amide bonds. The van der Waals surface area contributed by atoms with Gasteiger partial charge >= 0.3 is 0 Å². The maximum absolute atomic E-state index is 13.1. The summed E-state index contributed by atoms with van der Waals surface area (Å²) in [6, 6.07) is 15.5. The lowest BCUT2D eigenvalue weighted by Gasteiger charge is -2.33. The quantitative estimate of drug-likeness (QED) is 0.573. The second kappa shape index (κ2) is 6.58. The highest BCUT2D eigenvalue weighted by Crippen LogP contribution is 2.46. The average molecular weight is 380 g/mol. The van der Waals surface area contributed by atoms with Crippen molar-refractivity contribution in [2.24, 2.45) is 5.41 Å². The number of allylic oxidation sites excluding steroid dienone is 2. The Morgan fingerprint density at radius 2 is 1.74 bits per heavy atom. The molecule has 138 valence electrons. The van der Waals surface area contributed by atoms with Gasteiger partial charge in [0, 0.05) is 46.5 Å². The minimum atomic E-state index is -0.404. The SMILES string of the molecule is CC1(C)CC(=O)C(C(c2ccccc2Cl)c2c[nH]c3ccccc23)=C(O)C1. The largest absolute Gasteiger partial charge is 0.512 e. The van der Waals surface area contributed by atoms with Crippen LogP contribution in [0.15, 0.2) is 66.1 Å². The van der Waals surface area contributed by atoms with Gasteiger partial charge in [0.05, 0.1) is 0 Å². The number of H-pyrrole nitrogens is 1. The first-order chi connectivity index (χ1) is 12.9. The van der Waals surface area contributed by atoms with E-state index in [9.17, 15) is 9.90 Å². The molecule has 3 nitrogen and oxygen atoms in total. The third-order valence-electron chi connectivity index (χ3n) is 5.33. The van der Waals surface area contributed by atoms with Crippen molar-refractivity contribution in [1.29, 1.82) is 0 Å². The first-order valence-electron chi connectivity index (χ1n) is 9.13. The lowest BCUT2D eigenvalue weighted by atomic mass is 9.71. The molecule has 0 fully saturated rings. The van der Waals surface area contributed by atoms with Crippen LogP contribution in [0, 0.1) is 5.41 Å². The smallest absolute Gasteiger partial charge is 0.163 e. The summed E-state index contributed by atoms with van der Waals surface area (Å²) in [6.07, 6.45) is 2.82. The molecular formula is C23H22ClNO2. The molecule has 0 aliphatic heterocycles. The zero-order valence-electron chi connectivity index (χ0n) is 15.4. The number of hydrogen-bond donors (Lipinski definition) is 2. The van der Waals surface area contributed by atoms with E-state index >= 15 is 0 Å². The van der Waals surface area contributed by atoms with Gasteiger partial charge in [0.1, 0.15) is 5.76 Å². The van der Waals surface area contributed by atoms with Crippen molar-refractivity contribution in [3.8, 4) is 0 Å². The molecule has 27 heavy (non-hydrogen) atoms. The van der Waals surface area contributed by atoms with Gasteiger partial charge in [-0.05, 0) is 28.7 Å². The van der Waals surface area contributed by atoms with E-state index in [1.54, 1.807) is 0 Å². The zero-order valence-corrected chi connectivity index (χ0v) is 16.2. The highest BCUT2D eigenvalue weighted by Gasteiger charge is 2.38. The van der Waals surface area contributed by atoms with E-state index in [1.165, 1.54) is 0 Å².